The minimum absolute atomic E-state index is 0.244. The number of morpholine rings is 1. The first-order valence-electron chi connectivity index (χ1n) is 8.27. The Balaban J connectivity index is 0.000000316. The molecule has 6 heteroatoms. The van der Waals surface area contributed by atoms with Crippen LogP contribution in [0, 0.1) is 0 Å². The Morgan fingerprint density at radius 1 is 1.12 bits per heavy atom. The number of ketones is 1. The zero-order valence-corrected chi connectivity index (χ0v) is 14.3. The number of benzene rings is 2. The molecule has 1 aliphatic heterocycles. The van der Waals surface area contributed by atoms with Crippen molar-refractivity contribution in [3.63, 3.8) is 0 Å². The van der Waals surface area contributed by atoms with E-state index in [1.165, 1.54) is 6.92 Å². The minimum Gasteiger partial charge on any atom is -0.480 e. The maximum absolute atomic E-state index is 11.8. The number of nitrogens with two attached hydrogens (primary N) is 1. The van der Waals surface area contributed by atoms with Gasteiger partial charge in [-0.3, -0.25) is 9.59 Å². The smallest absolute Gasteiger partial charge is 0.321 e. The summed E-state index contributed by atoms with van der Waals surface area (Å²) in [7, 11) is 0. The van der Waals surface area contributed by atoms with E-state index in [9.17, 15) is 9.59 Å². The van der Waals surface area contributed by atoms with Gasteiger partial charge in [-0.2, -0.15) is 0 Å². The normalized spacial score (nSPS) is 16.4. The molecule has 1 aliphatic rings. The third-order valence-electron chi connectivity index (χ3n) is 4.09. The summed E-state index contributed by atoms with van der Waals surface area (Å²) in [5.41, 5.74) is 6.33. The van der Waals surface area contributed by atoms with Crippen molar-refractivity contribution in [1.29, 1.82) is 0 Å². The lowest BCUT2D eigenvalue weighted by Gasteiger charge is -2.20. The summed E-state index contributed by atoms with van der Waals surface area (Å²) in [5.74, 6) is -2.25. The number of hydrogen-bond acceptors (Lipinski definition) is 5. The highest BCUT2D eigenvalue weighted by Gasteiger charge is 2.30. The molecule has 3 rings (SSSR count). The van der Waals surface area contributed by atoms with Crippen molar-refractivity contribution in [1.82, 2.24) is 5.32 Å². The molecule has 134 valence electrons. The lowest BCUT2D eigenvalue weighted by Crippen LogP contribution is -2.39. The highest BCUT2D eigenvalue weighted by Crippen LogP contribution is 2.28. The van der Waals surface area contributed by atoms with Gasteiger partial charge in [-0.1, -0.05) is 42.5 Å². The minimum atomic E-state index is -1.23. The maximum atomic E-state index is 11.8. The maximum Gasteiger partial charge on any atom is 0.321 e. The second-order valence-corrected chi connectivity index (χ2v) is 5.88. The van der Waals surface area contributed by atoms with Crippen LogP contribution >= 0.6 is 0 Å². The fourth-order valence-corrected chi connectivity index (χ4v) is 2.85. The first-order chi connectivity index (χ1) is 12.0. The van der Waals surface area contributed by atoms with Gasteiger partial charge in [-0.15, -0.1) is 0 Å². The van der Waals surface area contributed by atoms with Gasteiger partial charge in [0.15, 0.2) is 0 Å². The van der Waals surface area contributed by atoms with E-state index in [1.807, 2.05) is 36.4 Å². The SMILES string of the molecule is C1COCCN1.CC(=O)C(c1cccc2ccccc12)[C@H](N)C(=O)O. The molecule has 1 fully saturated rings. The number of fused-ring (bicyclic) bond motifs is 1. The fourth-order valence-electron chi connectivity index (χ4n) is 2.85. The van der Waals surface area contributed by atoms with Crippen LogP contribution in [0.5, 0.6) is 0 Å². The van der Waals surface area contributed by atoms with E-state index >= 15 is 0 Å². The van der Waals surface area contributed by atoms with E-state index in [2.05, 4.69) is 5.32 Å². The molecule has 2 aromatic carbocycles. The number of carboxylic acids is 1. The molecule has 1 heterocycles. The average molecular weight is 344 g/mol. The van der Waals surface area contributed by atoms with Crippen LogP contribution in [-0.2, 0) is 14.3 Å². The zero-order chi connectivity index (χ0) is 18.2. The molecule has 2 atom stereocenters. The van der Waals surface area contributed by atoms with Crippen LogP contribution < -0.4 is 11.1 Å². The Hall–Kier alpha value is -2.28. The fraction of sp³-hybridized carbons (Fsp3) is 0.368. The Bertz CT molecular complexity index is 711. The van der Waals surface area contributed by atoms with Crippen LogP contribution in [0.1, 0.15) is 18.4 Å². The molecule has 0 spiro atoms. The summed E-state index contributed by atoms with van der Waals surface area (Å²) in [5, 5.41) is 14.0. The molecule has 0 aromatic heterocycles. The molecule has 25 heavy (non-hydrogen) atoms. The molecule has 1 saturated heterocycles. The number of nitrogens with one attached hydrogen (secondary N) is 1. The van der Waals surface area contributed by atoms with Crippen molar-refractivity contribution in [2.45, 2.75) is 18.9 Å². The first-order valence-corrected chi connectivity index (χ1v) is 8.27. The van der Waals surface area contributed by atoms with Crippen LogP contribution in [0.4, 0.5) is 0 Å². The number of carbonyl (C=O) groups excluding carboxylic acids is 1. The van der Waals surface area contributed by atoms with E-state index in [4.69, 9.17) is 15.6 Å². The molecule has 2 aromatic rings. The van der Waals surface area contributed by atoms with E-state index in [-0.39, 0.29) is 5.78 Å². The average Bonchev–Trinajstić information content (AvgIpc) is 2.63. The molecule has 1 unspecified atom stereocenters. The van der Waals surface area contributed by atoms with Gasteiger partial charge >= 0.3 is 5.97 Å². The van der Waals surface area contributed by atoms with Gasteiger partial charge in [0.25, 0.3) is 0 Å². The summed E-state index contributed by atoms with van der Waals surface area (Å²) in [6.07, 6.45) is 0. The second-order valence-electron chi connectivity index (χ2n) is 5.88. The summed E-state index contributed by atoms with van der Waals surface area (Å²) in [6.45, 7) is 5.20. The number of rotatable bonds is 4. The standard InChI is InChI=1S/C15H15NO3.C4H9NO/c1-9(17)13(14(16)15(18)19)12-8-4-6-10-5-2-3-7-11(10)12;1-3-6-4-2-5-1/h2-8,13-14H,16H2,1H3,(H,18,19);5H,1-4H2/t13?,14-;/m0./s1. The topological polar surface area (TPSA) is 102 Å². The summed E-state index contributed by atoms with van der Waals surface area (Å²) < 4.78 is 5.01. The predicted molar refractivity (Wildman–Crippen MR) is 96.7 cm³/mol. The van der Waals surface area contributed by atoms with Crippen molar-refractivity contribution in [3.05, 3.63) is 48.0 Å². The Morgan fingerprint density at radius 3 is 2.28 bits per heavy atom. The van der Waals surface area contributed by atoms with Crippen molar-refractivity contribution in [2.75, 3.05) is 26.3 Å². The van der Waals surface area contributed by atoms with Crippen LogP contribution in [0.3, 0.4) is 0 Å². The lowest BCUT2D eigenvalue weighted by atomic mass is 9.85. The number of carbonyl (C=O) groups is 2. The largest absolute Gasteiger partial charge is 0.480 e. The van der Waals surface area contributed by atoms with Crippen LogP contribution in [0.25, 0.3) is 10.8 Å². The van der Waals surface area contributed by atoms with E-state index in [0.717, 1.165) is 37.1 Å². The molecule has 6 nitrogen and oxygen atoms in total. The van der Waals surface area contributed by atoms with Gasteiger partial charge in [-0.25, -0.2) is 0 Å². The number of Topliss-reactive ketones (excluding diaryl/α,β-unsaturated/α-hetero) is 1. The molecular weight excluding hydrogens is 320 g/mol. The van der Waals surface area contributed by atoms with E-state index in [1.54, 1.807) is 6.07 Å². The molecule has 0 aliphatic carbocycles. The van der Waals surface area contributed by atoms with Gasteiger partial charge in [0.1, 0.15) is 11.8 Å². The monoisotopic (exact) mass is 344 g/mol. The van der Waals surface area contributed by atoms with Crippen LogP contribution in [-0.4, -0.2) is 49.2 Å². The highest BCUT2D eigenvalue weighted by molar-refractivity contribution is 5.96. The molecule has 0 saturated carbocycles. The van der Waals surface area contributed by atoms with Crippen molar-refractivity contribution < 1.29 is 19.4 Å². The van der Waals surface area contributed by atoms with Gasteiger partial charge in [-0.05, 0) is 23.3 Å². The van der Waals surface area contributed by atoms with Crippen molar-refractivity contribution in [3.8, 4) is 0 Å². The number of hydrogen-bond donors (Lipinski definition) is 3. The van der Waals surface area contributed by atoms with Crippen molar-refractivity contribution in [2.24, 2.45) is 5.73 Å². The van der Waals surface area contributed by atoms with Crippen molar-refractivity contribution >= 4 is 22.5 Å². The number of carboxylic acid groups (broad SMARTS) is 1. The number of ether oxygens (including phenoxy) is 1. The lowest BCUT2D eigenvalue weighted by molar-refractivity contribution is -0.140. The molecule has 0 bridgehead atoms. The number of aliphatic carboxylic acids is 1. The summed E-state index contributed by atoms with van der Waals surface area (Å²) >= 11 is 0. The summed E-state index contributed by atoms with van der Waals surface area (Å²) in [6, 6.07) is 11.8. The first kappa shape index (κ1) is 19.1. The Kier molecular flexibility index (Phi) is 7.06. The third-order valence-corrected chi connectivity index (χ3v) is 4.09. The highest BCUT2D eigenvalue weighted by atomic mass is 16.5. The van der Waals surface area contributed by atoms with E-state index < -0.39 is 17.9 Å². The molecule has 0 radical (unpaired) electrons. The molecule has 0 amide bonds. The van der Waals surface area contributed by atoms with Gasteiger partial charge in [0.2, 0.25) is 0 Å². The van der Waals surface area contributed by atoms with E-state index in [0.29, 0.717) is 5.56 Å². The zero-order valence-electron chi connectivity index (χ0n) is 14.3. The van der Waals surface area contributed by atoms with Crippen LogP contribution in [0.15, 0.2) is 42.5 Å². The Labute approximate surface area is 147 Å². The van der Waals surface area contributed by atoms with Gasteiger partial charge < -0.3 is 20.9 Å². The third kappa shape index (κ3) is 5.09. The van der Waals surface area contributed by atoms with Gasteiger partial charge in [0, 0.05) is 13.1 Å². The van der Waals surface area contributed by atoms with Crippen LogP contribution in [0.2, 0.25) is 0 Å². The second kappa shape index (κ2) is 9.27. The predicted octanol–water partition coefficient (Wildman–Crippen LogP) is 1.53. The quantitative estimate of drug-likeness (QED) is 0.777. The molecular formula is C19H24N2O4. The molecule has 4 N–H and O–H groups in total. The van der Waals surface area contributed by atoms with Gasteiger partial charge in [0.05, 0.1) is 19.1 Å². The summed E-state index contributed by atoms with van der Waals surface area (Å²) in [4.78, 5) is 22.9. The Morgan fingerprint density at radius 2 is 1.76 bits per heavy atom.